The van der Waals surface area contributed by atoms with Crippen LogP contribution in [0.5, 0.6) is 0 Å². The Balaban J connectivity index is 0.00000139. The lowest BCUT2D eigenvalue weighted by atomic mass is 10.1. The van der Waals surface area contributed by atoms with Gasteiger partial charge in [-0.3, -0.25) is 4.79 Å². The highest BCUT2D eigenvalue weighted by atomic mass is 32.2. The SMILES string of the molecule is CC.CCC(=N)c1ccc(Sc2ccccc2C(=O)NC)cc1N. The van der Waals surface area contributed by atoms with Crippen molar-refractivity contribution < 1.29 is 4.79 Å². The van der Waals surface area contributed by atoms with Gasteiger partial charge in [0.05, 0.1) is 5.56 Å². The Kier molecular flexibility index (Phi) is 8.06. The molecule has 0 aliphatic heterocycles. The Hall–Kier alpha value is -2.27. The first-order chi connectivity index (χ1) is 11.6. The first-order valence-electron chi connectivity index (χ1n) is 8.03. The first-order valence-corrected chi connectivity index (χ1v) is 8.84. The smallest absolute Gasteiger partial charge is 0.252 e. The molecule has 0 spiro atoms. The van der Waals surface area contributed by atoms with Gasteiger partial charge in [-0.05, 0) is 36.8 Å². The van der Waals surface area contributed by atoms with Crippen LogP contribution in [0.25, 0.3) is 0 Å². The molecule has 1 amide bonds. The number of hydrogen-bond acceptors (Lipinski definition) is 4. The van der Waals surface area contributed by atoms with Crippen LogP contribution in [-0.4, -0.2) is 18.7 Å². The predicted molar refractivity (Wildman–Crippen MR) is 103 cm³/mol. The number of nitrogen functional groups attached to an aromatic ring is 1. The second kappa shape index (κ2) is 9.78. The highest BCUT2D eigenvalue weighted by Crippen LogP contribution is 2.32. The molecule has 128 valence electrons. The van der Waals surface area contributed by atoms with Gasteiger partial charge in [0.15, 0.2) is 0 Å². The number of anilines is 1. The summed E-state index contributed by atoms with van der Waals surface area (Å²) in [5, 5.41) is 10.5. The van der Waals surface area contributed by atoms with Crippen molar-refractivity contribution in [3.8, 4) is 0 Å². The average molecular weight is 343 g/mol. The number of benzene rings is 2. The Morgan fingerprint density at radius 3 is 2.42 bits per heavy atom. The monoisotopic (exact) mass is 343 g/mol. The van der Waals surface area contributed by atoms with Crippen molar-refractivity contribution in [2.45, 2.75) is 37.0 Å². The van der Waals surface area contributed by atoms with E-state index in [4.69, 9.17) is 11.1 Å². The van der Waals surface area contributed by atoms with Crippen LogP contribution >= 0.6 is 11.8 Å². The van der Waals surface area contributed by atoms with Crippen LogP contribution in [-0.2, 0) is 0 Å². The molecule has 0 bridgehead atoms. The third-order valence-corrected chi connectivity index (χ3v) is 4.35. The lowest BCUT2D eigenvalue weighted by Gasteiger charge is -2.10. The summed E-state index contributed by atoms with van der Waals surface area (Å²) in [5.41, 5.74) is 8.57. The molecule has 2 rings (SSSR count). The molecule has 4 nitrogen and oxygen atoms in total. The predicted octanol–water partition coefficient (Wildman–Crippen LogP) is 4.58. The fourth-order valence-corrected chi connectivity index (χ4v) is 3.07. The van der Waals surface area contributed by atoms with Gasteiger partial charge in [0.1, 0.15) is 0 Å². The van der Waals surface area contributed by atoms with Gasteiger partial charge in [0.2, 0.25) is 0 Å². The van der Waals surface area contributed by atoms with E-state index in [9.17, 15) is 4.79 Å². The summed E-state index contributed by atoms with van der Waals surface area (Å²) in [6.45, 7) is 5.93. The van der Waals surface area contributed by atoms with Crippen molar-refractivity contribution in [3.05, 3.63) is 53.6 Å². The van der Waals surface area contributed by atoms with Gasteiger partial charge in [-0.15, -0.1) is 0 Å². The van der Waals surface area contributed by atoms with Gasteiger partial charge in [-0.25, -0.2) is 0 Å². The number of nitrogens with two attached hydrogens (primary N) is 1. The minimum Gasteiger partial charge on any atom is -0.398 e. The summed E-state index contributed by atoms with van der Waals surface area (Å²) in [6.07, 6.45) is 0.649. The molecule has 0 fully saturated rings. The summed E-state index contributed by atoms with van der Waals surface area (Å²) >= 11 is 1.49. The normalized spacial score (nSPS) is 9.67. The van der Waals surface area contributed by atoms with E-state index in [-0.39, 0.29) is 5.91 Å². The maximum atomic E-state index is 11.9. The van der Waals surface area contributed by atoms with Crippen LogP contribution in [0.4, 0.5) is 5.69 Å². The van der Waals surface area contributed by atoms with Gasteiger partial charge in [0, 0.05) is 33.8 Å². The van der Waals surface area contributed by atoms with Gasteiger partial charge >= 0.3 is 0 Å². The average Bonchev–Trinajstić information content (AvgIpc) is 2.62. The number of amides is 1. The van der Waals surface area contributed by atoms with Crippen molar-refractivity contribution in [2.24, 2.45) is 0 Å². The van der Waals surface area contributed by atoms with Crippen molar-refractivity contribution in [2.75, 3.05) is 12.8 Å². The van der Waals surface area contributed by atoms with E-state index in [1.54, 1.807) is 13.1 Å². The molecule has 0 saturated carbocycles. The molecule has 2 aromatic rings. The largest absolute Gasteiger partial charge is 0.398 e. The molecule has 0 aromatic heterocycles. The van der Waals surface area contributed by atoms with Crippen LogP contribution in [0.1, 0.15) is 43.1 Å². The van der Waals surface area contributed by atoms with E-state index >= 15 is 0 Å². The van der Waals surface area contributed by atoms with E-state index < -0.39 is 0 Å². The molecule has 2 aromatic carbocycles. The van der Waals surface area contributed by atoms with Crippen LogP contribution in [0.15, 0.2) is 52.3 Å². The van der Waals surface area contributed by atoms with Crippen molar-refractivity contribution in [1.82, 2.24) is 5.32 Å². The molecule has 0 aliphatic rings. The second-order valence-corrected chi connectivity index (χ2v) is 5.87. The number of rotatable bonds is 5. The molecular formula is C19H25N3OS. The Labute approximate surface area is 148 Å². The second-order valence-electron chi connectivity index (χ2n) is 4.76. The van der Waals surface area contributed by atoms with Gasteiger partial charge in [-0.1, -0.05) is 44.7 Å². The number of nitrogens with one attached hydrogen (secondary N) is 2. The fraction of sp³-hybridized carbons (Fsp3) is 0.263. The maximum Gasteiger partial charge on any atom is 0.252 e. The standard InChI is InChI=1S/C17H19N3OS.C2H6/c1-3-14(18)12-9-8-11(10-15(12)19)22-16-7-5-4-6-13(16)17(21)20-2;1-2/h4-10,18H,3,19H2,1-2H3,(H,20,21);1-2H3. The number of carbonyl (C=O) groups excluding carboxylic acids is 1. The maximum absolute atomic E-state index is 11.9. The highest BCUT2D eigenvalue weighted by Gasteiger charge is 2.11. The van der Waals surface area contributed by atoms with Gasteiger partial charge in [0.25, 0.3) is 5.91 Å². The van der Waals surface area contributed by atoms with E-state index in [1.807, 2.05) is 57.2 Å². The van der Waals surface area contributed by atoms with Crippen molar-refractivity contribution in [1.29, 1.82) is 5.41 Å². The van der Waals surface area contributed by atoms with E-state index in [0.717, 1.165) is 15.4 Å². The number of hydrogen-bond donors (Lipinski definition) is 3. The molecule has 0 saturated heterocycles. The lowest BCUT2D eigenvalue weighted by Crippen LogP contribution is -2.18. The van der Waals surface area contributed by atoms with E-state index in [1.165, 1.54) is 11.8 Å². The molecule has 0 radical (unpaired) electrons. The third-order valence-electron chi connectivity index (χ3n) is 3.29. The zero-order valence-electron chi connectivity index (χ0n) is 14.6. The third kappa shape index (κ3) is 4.86. The summed E-state index contributed by atoms with van der Waals surface area (Å²) < 4.78 is 0. The molecule has 0 unspecified atom stereocenters. The molecule has 0 atom stereocenters. The van der Waals surface area contributed by atoms with Crippen molar-refractivity contribution in [3.63, 3.8) is 0 Å². The van der Waals surface area contributed by atoms with Gasteiger partial charge in [-0.2, -0.15) is 0 Å². The molecule has 0 heterocycles. The van der Waals surface area contributed by atoms with Crippen LogP contribution in [0.3, 0.4) is 0 Å². The van der Waals surface area contributed by atoms with Crippen LogP contribution in [0, 0.1) is 5.41 Å². The Morgan fingerprint density at radius 1 is 1.17 bits per heavy atom. The summed E-state index contributed by atoms with van der Waals surface area (Å²) in [5.74, 6) is -0.111. The van der Waals surface area contributed by atoms with Gasteiger partial charge < -0.3 is 16.5 Å². The summed E-state index contributed by atoms with van der Waals surface area (Å²) in [4.78, 5) is 13.7. The molecule has 24 heavy (non-hydrogen) atoms. The summed E-state index contributed by atoms with van der Waals surface area (Å²) in [7, 11) is 1.62. The minimum absolute atomic E-state index is 0.111. The highest BCUT2D eigenvalue weighted by molar-refractivity contribution is 7.99. The van der Waals surface area contributed by atoms with Crippen LogP contribution in [0.2, 0.25) is 0 Å². The van der Waals surface area contributed by atoms with E-state index in [2.05, 4.69) is 5.32 Å². The first kappa shape index (κ1) is 19.8. The lowest BCUT2D eigenvalue weighted by molar-refractivity contribution is 0.0960. The zero-order valence-corrected chi connectivity index (χ0v) is 15.5. The zero-order chi connectivity index (χ0) is 18.1. The molecule has 5 heteroatoms. The summed E-state index contributed by atoms with van der Waals surface area (Å²) in [6, 6.07) is 13.1. The molecule has 0 aliphatic carbocycles. The van der Waals surface area contributed by atoms with E-state index in [0.29, 0.717) is 23.4 Å². The Bertz CT molecular complexity index is 714. The molecular weight excluding hydrogens is 318 g/mol. The number of carbonyl (C=O) groups is 1. The topological polar surface area (TPSA) is 79.0 Å². The van der Waals surface area contributed by atoms with Crippen molar-refractivity contribution >= 4 is 29.1 Å². The fourth-order valence-electron chi connectivity index (χ4n) is 2.07. The van der Waals surface area contributed by atoms with Crippen LogP contribution < -0.4 is 11.1 Å². The molecule has 4 N–H and O–H groups in total. The minimum atomic E-state index is -0.111. The Morgan fingerprint density at radius 2 is 1.83 bits per heavy atom. The quantitative estimate of drug-likeness (QED) is 0.549.